The van der Waals surface area contributed by atoms with Crippen molar-refractivity contribution in [3.63, 3.8) is 0 Å². The van der Waals surface area contributed by atoms with Gasteiger partial charge in [-0.15, -0.1) is 0 Å². The van der Waals surface area contributed by atoms with Crippen LogP contribution in [0, 0.1) is 0 Å². The quantitative estimate of drug-likeness (QED) is 0.654. The minimum absolute atomic E-state index is 0.663. The van der Waals surface area contributed by atoms with Gasteiger partial charge >= 0.3 is 8.80 Å². The molecule has 2 heterocycles. The van der Waals surface area contributed by atoms with E-state index in [9.17, 15) is 0 Å². The van der Waals surface area contributed by atoms with Crippen LogP contribution in [-0.2, 0) is 13.3 Å². The molecule has 2 rings (SSSR count). The minimum atomic E-state index is -2.33. The molecule has 0 aromatic carbocycles. The van der Waals surface area contributed by atoms with E-state index in [-0.39, 0.29) is 0 Å². The lowest BCUT2D eigenvalue weighted by Crippen LogP contribution is -2.45. The molecular weight excluding hydrogens is 200 g/mol. The second kappa shape index (κ2) is 4.69. The first-order valence-corrected chi connectivity index (χ1v) is 7.12. The summed E-state index contributed by atoms with van der Waals surface area (Å²) in [7, 11) is -2.33. The Kier molecular flexibility index (Phi) is 3.53. The van der Waals surface area contributed by atoms with E-state index in [4.69, 9.17) is 19.0 Å². The van der Waals surface area contributed by atoms with E-state index in [2.05, 4.69) is 4.90 Å². The van der Waals surface area contributed by atoms with Gasteiger partial charge in [0, 0.05) is 19.1 Å². The zero-order valence-corrected chi connectivity index (χ0v) is 9.41. The first-order valence-electron chi connectivity index (χ1n) is 5.19. The van der Waals surface area contributed by atoms with Crippen molar-refractivity contribution in [3.05, 3.63) is 0 Å². The zero-order valence-electron chi connectivity index (χ0n) is 8.41. The van der Waals surface area contributed by atoms with Gasteiger partial charge in [0.1, 0.15) is 0 Å². The molecule has 2 saturated heterocycles. The fourth-order valence-corrected chi connectivity index (χ4v) is 4.26. The summed E-state index contributed by atoms with van der Waals surface area (Å²) in [5.74, 6) is 0. The van der Waals surface area contributed by atoms with Gasteiger partial charge in [-0.25, -0.2) is 0 Å². The topological polar surface area (TPSA) is 57.0 Å². The largest absolute Gasteiger partial charge is 0.502 e. The van der Waals surface area contributed by atoms with Crippen LogP contribution in [0.25, 0.3) is 0 Å². The Labute approximate surface area is 85.5 Å². The fraction of sp³-hybridized carbons (Fsp3) is 1.00. The third-order valence-corrected chi connectivity index (χ3v) is 5.44. The van der Waals surface area contributed by atoms with Crippen molar-refractivity contribution in [3.8, 4) is 0 Å². The van der Waals surface area contributed by atoms with E-state index in [1.807, 2.05) is 0 Å². The van der Waals surface area contributed by atoms with Crippen LogP contribution in [-0.4, -0.2) is 53.3 Å². The van der Waals surface area contributed by atoms with Crippen molar-refractivity contribution in [2.45, 2.75) is 12.5 Å². The monoisotopic (exact) mass is 218 g/mol. The van der Waals surface area contributed by atoms with Gasteiger partial charge in [0.05, 0.1) is 19.9 Å². The average Bonchev–Trinajstić information content (AvgIpc) is 2.47. The van der Waals surface area contributed by atoms with Gasteiger partial charge in [-0.1, -0.05) is 0 Å². The molecule has 0 saturated carbocycles. The van der Waals surface area contributed by atoms with Crippen LogP contribution < -0.4 is 5.73 Å². The summed E-state index contributed by atoms with van der Waals surface area (Å²) in [6.45, 7) is 4.72. The number of nitrogens with two attached hydrogens (primary N) is 1. The highest BCUT2D eigenvalue weighted by Gasteiger charge is 2.44. The molecule has 0 aromatic rings. The van der Waals surface area contributed by atoms with Crippen molar-refractivity contribution in [2.24, 2.45) is 5.73 Å². The van der Waals surface area contributed by atoms with Gasteiger partial charge < -0.3 is 19.0 Å². The molecule has 2 N–H and O–H groups in total. The lowest BCUT2D eigenvalue weighted by Gasteiger charge is -2.26. The molecule has 14 heavy (non-hydrogen) atoms. The summed E-state index contributed by atoms with van der Waals surface area (Å²) in [5, 5.41) is 0. The predicted molar refractivity (Wildman–Crippen MR) is 53.7 cm³/mol. The highest BCUT2D eigenvalue weighted by Crippen LogP contribution is 2.22. The molecule has 2 aliphatic rings. The molecule has 0 spiro atoms. The Morgan fingerprint density at radius 1 is 1.14 bits per heavy atom. The molecule has 0 aliphatic carbocycles. The van der Waals surface area contributed by atoms with E-state index in [1.165, 1.54) is 0 Å². The first-order chi connectivity index (χ1) is 6.85. The second-order valence-electron chi connectivity index (χ2n) is 3.66. The second-order valence-corrected chi connectivity index (χ2v) is 6.40. The zero-order chi connectivity index (χ0) is 9.86. The molecule has 5 nitrogen and oxygen atoms in total. The predicted octanol–water partition coefficient (Wildman–Crippen LogP) is -0.389. The maximum Gasteiger partial charge on any atom is 0.502 e. The molecule has 0 atom stereocenters. The standard InChI is InChI=1S/C8H18N2O3Si/c9-2-1-7-14-11-5-3-10(8-13-14)4-6-12-14/h1-9H2. The van der Waals surface area contributed by atoms with Crippen LogP contribution in [0.5, 0.6) is 0 Å². The maximum atomic E-state index is 5.78. The number of fused-ring (bicyclic) bond motifs is 3. The lowest BCUT2D eigenvalue weighted by molar-refractivity contribution is 0.0901. The van der Waals surface area contributed by atoms with E-state index in [0.717, 1.165) is 38.8 Å². The van der Waals surface area contributed by atoms with E-state index in [1.54, 1.807) is 0 Å². The van der Waals surface area contributed by atoms with Crippen LogP contribution in [0.15, 0.2) is 0 Å². The third kappa shape index (κ3) is 2.33. The first kappa shape index (κ1) is 10.5. The third-order valence-electron chi connectivity index (χ3n) is 2.61. The fourth-order valence-electron chi connectivity index (χ4n) is 1.75. The number of nitrogens with zero attached hydrogens (tertiary/aromatic N) is 1. The molecular formula is C8H18N2O3Si. The SMILES string of the molecule is NCCC[Si]12OCCN(CCO1)CO2. The summed E-state index contributed by atoms with van der Waals surface area (Å²) in [5.41, 5.74) is 5.50. The lowest BCUT2D eigenvalue weighted by atomic mass is 10.5. The van der Waals surface area contributed by atoms with Crippen LogP contribution in [0.3, 0.4) is 0 Å². The van der Waals surface area contributed by atoms with Crippen molar-refractivity contribution in [1.82, 2.24) is 4.90 Å². The molecule has 0 aromatic heterocycles. The Balaban J connectivity index is 1.99. The van der Waals surface area contributed by atoms with E-state index < -0.39 is 8.80 Å². The van der Waals surface area contributed by atoms with Gasteiger partial charge in [0.25, 0.3) is 0 Å². The van der Waals surface area contributed by atoms with E-state index in [0.29, 0.717) is 13.3 Å². The molecule has 0 amide bonds. The van der Waals surface area contributed by atoms with Gasteiger partial charge in [-0.3, -0.25) is 4.90 Å². The van der Waals surface area contributed by atoms with Crippen LogP contribution in [0.1, 0.15) is 6.42 Å². The number of hydrogen-bond donors (Lipinski definition) is 1. The van der Waals surface area contributed by atoms with E-state index >= 15 is 0 Å². The Bertz CT molecular complexity index is 183. The number of rotatable bonds is 3. The molecule has 0 radical (unpaired) electrons. The average molecular weight is 218 g/mol. The summed E-state index contributed by atoms with van der Waals surface area (Å²) in [6.07, 6.45) is 0.923. The molecule has 6 heteroatoms. The van der Waals surface area contributed by atoms with Crippen molar-refractivity contribution >= 4 is 8.80 Å². The Hall–Kier alpha value is 0.0169. The summed E-state index contributed by atoms with van der Waals surface area (Å²) in [4.78, 5) is 2.23. The molecule has 82 valence electrons. The summed E-state index contributed by atoms with van der Waals surface area (Å²) < 4.78 is 17.3. The molecule has 0 unspecified atom stereocenters. The molecule has 2 bridgehead atoms. The highest BCUT2D eigenvalue weighted by atomic mass is 28.4. The minimum Gasteiger partial charge on any atom is -0.372 e. The van der Waals surface area contributed by atoms with Crippen LogP contribution >= 0.6 is 0 Å². The number of hydrogen-bond acceptors (Lipinski definition) is 5. The van der Waals surface area contributed by atoms with Gasteiger partial charge in [-0.2, -0.15) is 0 Å². The van der Waals surface area contributed by atoms with Crippen LogP contribution in [0.4, 0.5) is 0 Å². The van der Waals surface area contributed by atoms with Gasteiger partial charge in [0.2, 0.25) is 0 Å². The van der Waals surface area contributed by atoms with Gasteiger partial charge in [-0.05, 0) is 13.0 Å². The van der Waals surface area contributed by atoms with Crippen molar-refractivity contribution < 1.29 is 13.3 Å². The molecule has 2 aliphatic heterocycles. The van der Waals surface area contributed by atoms with Crippen molar-refractivity contribution in [1.29, 1.82) is 0 Å². The van der Waals surface area contributed by atoms with Crippen molar-refractivity contribution in [2.75, 3.05) is 39.6 Å². The summed E-state index contributed by atoms with van der Waals surface area (Å²) >= 11 is 0. The highest BCUT2D eigenvalue weighted by molar-refractivity contribution is 6.60. The Morgan fingerprint density at radius 2 is 1.86 bits per heavy atom. The maximum absolute atomic E-state index is 5.78. The summed E-state index contributed by atoms with van der Waals surface area (Å²) in [6, 6.07) is 0.858. The normalized spacial score (nSPS) is 37.9. The van der Waals surface area contributed by atoms with Gasteiger partial charge in [0.15, 0.2) is 0 Å². The Morgan fingerprint density at radius 3 is 2.50 bits per heavy atom. The smallest absolute Gasteiger partial charge is 0.372 e. The molecule has 2 fully saturated rings. The van der Waals surface area contributed by atoms with Crippen LogP contribution in [0.2, 0.25) is 6.04 Å².